The van der Waals surface area contributed by atoms with Crippen LogP contribution in [0.5, 0.6) is 0 Å². The van der Waals surface area contributed by atoms with Crippen molar-refractivity contribution in [3.05, 3.63) is 29.8 Å². The molecule has 8 heteroatoms. The van der Waals surface area contributed by atoms with Crippen molar-refractivity contribution in [2.75, 3.05) is 19.1 Å². The SMILES string of the molecule is O=S(=O)(NC1(CCl)CCOCC1)c1ccc(F)cc1F. The predicted octanol–water partition coefficient (Wildman–Crippen LogP) is 2.03. The van der Waals surface area contributed by atoms with Crippen LogP contribution in [0.2, 0.25) is 0 Å². The molecule has 1 aliphatic rings. The number of rotatable bonds is 4. The fourth-order valence-corrected chi connectivity index (χ4v) is 3.99. The van der Waals surface area contributed by atoms with E-state index in [1.165, 1.54) is 0 Å². The highest BCUT2D eigenvalue weighted by Crippen LogP contribution is 2.26. The normalized spacial score (nSPS) is 18.9. The van der Waals surface area contributed by atoms with Gasteiger partial charge in [-0.3, -0.25) is 0 Å². The molecule has 0 saturated carbocycles. The van der Waals surface area contributed by atoms with Crippen LogP contribution in [0.4, 0.5) is 8.78 Å². The molecule has 0 atom stereocenters. The van der Waals surface area contributed by atoms with E-state index in [1.54, 1.807) is 0 Å². The lowest BCUT2D eigenvalue weighted by molar-refractivity contribution is 0.0549. The van der Waals surface area contributed by atoms with Crippen molar-refractivity contribution in [2.45, 2.75) is 23.3 Å². The fourth-order valence-electron chi connectivity index (χ4n) is 2.06. The zero-order valence-electron chi connectivity index (χ0n) is 10.5. The van der Waals surface area contributed by atoms with E-state index < -0.39 is 32.1 Å². The molecule has 1 aromatic carbocycles. The molecule has 1 heterocycles. The van der Waals surface area contributed by atoms with E-state index in [0.717, 1.165) is 12.1 Å². The minimum absolute atomic E-state index is 0.0540. The maximum Gasteiger partial charge on any atom is 0.244 e. The van der Waals surface area contributed by atoms with Crippen molar-refractivity contribution in [1.29, 1.82) is 0 Å². The average molecular weight is 326 g/mol. The fraction of sp³-hybridized carbons (Fsp3) is 0.500. The molecule has 1 aliphatic heterocycles. The summed E-state index contributed by atoms with van der Waals surface area (Å²) in [6.07, 6.45) is 0.803. The number of ether oxygens (including phenoxy) is 1. The molecule has 0 spiro atoms. The Hall–Kier alpha value is -0.760. The van der Waals surface area contributed by atoms with Crippen LogP contribution in [0.3, 0.4) is 0 Å². The van der Waals surface area contributed by atoms with Crippen LogP contribution >= 0.6 is 11.6 Å². The van der Waals surface area contributed by atoms with Crippen LogP contribution in [-0.2, 0) is 14.8 Å². The van der Waals surface area contributed by atoms with Gasteiger partial charge >= 0.3 is 0 Å². The third kappa shape index (κ3) is 3.28. The van der Waals surface area contributed by atoms with Gasteiger partial charge in [-0.05, 0) is 25.0 Å². The highest BCUT2D eigenvalue weighted by atomic mass is 35.5. The number of nitrogens with one attached hydrogen (secondary N) is 1. The second-order valence-corrected chi connectivity index (χ2v) is 6.62. The molecule has 0 bridgehead atoms. The summed E-state index contributed by atoms with van der Waals surface area (Å²) in [5, 5.41) is 0. The lowest BCUT2D eigenvalue weighted by atomic mass is 9.94. The first-order valence-corrected chi connectivity index (χ1v) is 8.03. The molecule has 0 aromatic heterocycles. The Kier molecular flexibility index (Phi) is 4.63. The van der Waals surface area contributed by atoms with Gasteiger partial charge in [0.25, 0.3) is 0 Å². The Morgan fingerprint density at radius 2 is 1.95 bits per heavy atom. The first kappa shape index (κ1) is 15.6. The van der Waals surface area contributed by atoms with Crippen LogP contribution in [-0.4, -0.2) is 33.1 Å². The summed E-state index contributed by atoms with van der Waals surface area (Å²) < 4.78 is 58.5. The van der Waals surface area contributed by atoms with Gasteiger partial charge in [-0.15, -0.1) is 11.6 Å². The molecule has 2 rings (SSSR count). The molecule has 4 nitrogen and oxygen atoms in total. The number of sulfonamides is 1. The van der Waals surface area contributed by atoms with Gasteiger partial charge in [0.05, 0.1) is 5.54 Å². The van der Waals surface area contributed by atoms with Crippen LogP contribution in [0.1, 0.15) is 12.8 Å². The van der Waals surface area contributed by atoms with E-state index >= 15 is 0 Å². The minimum Gasteiger partial charge on any atom is -0.381 e. The van der Waals surface area contributed by atoms with Gasteiger partial charge in [-0.1, -0.05) is 0 Å². The van der Waals surface area contributed by atoms with Gasteiger partial charge in [0.2, 0.25) is 10.0 Å². The van der Waals surface area contributed by atoms with Gasteiger partial charge in [0, 0.05) is 25.2 Å². The van der Waals surface area contributed by atoms with Crippen molar-refractivity contribution < 1.29 is 21.9 Å². The topological polar surface area (TPSA) is 55.4 Å². The summed E-state index contributed by atoms with van der Waals surface area (Å²) in [7, 11) is -4.11. The van der Waals surface area contributed by atoms with Crippen molar-refractivity contribution in [3.63, 3.8) is 0 Å². The van der Waals surface area contributed by atoms with Crippen LogP contribution in [0.25, 0.3) is 0 Å². The zero-order chi connectivity index (χ0) is 14.8. The summed E-state index contributed by atoms with van der Waals surface area (Å²) in [5.41, 5.74) is -0.862. The standard InChI is InChI=1S/C12H14ClF2NO3S/c13-8-12(3-5-19-6-4-12)16-20(17,18)11-2-1-9(14)7-10(11)15/h1-2,7,16H,3-6,8H2. The van der Waals surface area contributed by atoms with E-state index in [4.69, 9.17) is 16.3 Å². The second kappa shape index (κ2) is 5.93. The average Bonchev–Trinajstić information content (AvgIpc) is 2.38. The maximum absolute atomic E-state index is 13.6. The van der Waals surface area contributed by atoms with E-state index in [-0.39, 0.29) is 5.88 Å². The van der Waals surface area contributed by atoms with Crippen molar-refractivity contribution in [3.8, 4) is 0 Å². The van der Waals surface area contributed by atoms with E-state index in [1.807, 2.05) is 0 Å². The zero-order valence-corrected chi connectivity index (χ0v) is 12.1. The highest BCUT2D eigenvalue weighted by molar-refractivity contribution is 7.89. The third-order valence-electron chi connectivity index (χ3n) is 3.24. The van der Waals surface area contributed by atoms with E-state index in [2.05, 4.69) is 4.72 Å². The molecule has 0 radical (unpaired) electrons. The monoisotopic (exact) mass is 325 g/mol. The number of alkyl halides is 1. The second-order valence-electron chi connectivity index (χ2n) is 4.71. The summed E-state index contributed by atoms with van der Waals surface area (Å²) in [6, 6.07) is 2.33. The van der Waals surface area contributed by atoms with Crippen LogP contribution < -0.4 is 4.72 Å². The lowest BCUT2D eigenvalue weighted by Crippen LogP contribution is -2.53. The number of hydrogen-bond acceptors (Lipinski definition) is 3. The van der Waals surface area contributed by atoms with E-state index in [9.17, 15) is 17.2 Å². The number of hydrogen-bond donors (Lipinski definition) is 1. The van der Waals surface area contributed by atoms with Crippen molar-refractivity contribution in [1.82, 2.24) is 4.72 Å². The maximum atomic E-state index is 13.6. The molecule has 1 N–H and O–H groups in total. The van der Waals surface area contributed by atoms with Crippen molar-refractivity contribution in [2.24, 2.45) is 0 Å². The first-order valence-electron chi connectivity index (χ1n) is 6.01. The Morgan fingerprint density at radius 1 is 1.30 bits per heavy atom. The summed E-state index contributed by atoms with van der Waals surface area (Å²) in [6.45, 7) is 0.752. The number of halogens is 3. The van der Waals surface area contributed by atoms with Crippen LogP contribution in [0.15, 0.2) is 23.1 Å². The molecule has 0 amide bonds. The molecule has 112 valence electrons. The Labute approximate surface area is 121 Å². The van der Waals surface area contributed by atoms with E-state index in [0.29, 0.717) is 32.1 Å². The molecule has 1 aromatic rings. The smallest absolute Gasteiger partial charge is 0.244 e. The van der Waals surface area contributed by atoms with Gasteiger partial charge in [-0.25, -0.2) is 21.9 Å². The van der Waals surface area contributed by atoms with Gasteiger partial charge in [-0.2, -0.15) is 0 Å². The largest absolute Gasteiger partial charge is 0.381 e. The molecular formula is C12H14ClF2NO3S. The summed E-state index contributed by atoms with van der Waals surface area (Å²) >= 11 is 5.86. The van der Waals surface area contributed by atoms with Gasteiger partial charge < -0.3 is 4.74 Å². The molecule has 0 unspecified atom stereocenters. The molecule has 20 heavy (non-hydrogen) atoms. The molecule has 1 fully saturated rings. The van der Waals surface area contributed by atoms with Crippen molar-refractivity contribution >= 4 is 21.6 Å². The minimum atomic E-state index is -4.11. The summed E-state index contributed by atoms with van der Waals surface area (Å²) in [4.78, 5) is -0.588. The molecule has 0 aliphatic carbocycles. The summed E-state index contributed by atoms with van der Waals surface area (Å²) in [5.74, 6) is -1.91. The van der Waals surface area contributed by atoms with Crippen LogP contribution in [0, 0.1) is 11.6 Å². The predicted molar refractivity (Wildman–Crippen MR) is 70.2 cm³/mol. The highest BCUT2D eigenvalue weighted by Gasteiger charge is 2.37. The quantitative estimate of drug-likeness (QED) is 0.862. The molecular weight excluding hydrogens is 312 g/mol. The lowest BCUT2D eigenvalue weighted by Gasteiger charge is -2.35. The number of benzene rings is 1. The third-order valence-corrected chi connectivity index (χ3v) is 5.36. The Balaban J connectivity index is 2.30. The Morgan fingerprint density at radius 3 is 2.50 bits per heavy atom. The Bertz CT molecular complexity index is 588. The van der Waals surface area contributed by atoms with Gasteiger partial charge in [0.15, 0.2) is 0 Å². The first-order chi connectivity index (χ1) is 9.38. The van der Waals surface area contributed by atoms with Gasteiger partial charge in [0.1, 0.15) is 16.5 Å². The molecule has 1 saturated heterocycles.